The van der Waals surface area contributed by atoms with Crippen LogP contribution in [0.5, 0.6) is 0 Å². The molecule has 2 N–H and O–H groups in total. The van der Waals surface area contributed by atoms with E-state index in [1.54, 1.807) is 19.9 Å². The number of hydrogen-bond acceptors (Lipinski definition) is 4. The highest BCUT2D eigenvalue weighted by Gasteiger charge is 2.32. The fourth-order valence-electron chi connectivity index (χ4n) is 3.91. The summed E-state index contributed by atoms with van der Waals surface area (Å²) in [4.78, 5) is 25.6. The van der Waals surface area contributed by atoms with Crippen LogP contribution in [-0.4, -0.2) is 23.0 Å². The SMILES string of the molecule is Cc1ccc(C(C(=O)NC(C)C(=O)Nc2cc(C)on2)C2CCCCC2)cc1. The fraction of sp³-hybridized carbons (Fsp3) is 0.500. The van der Waals surface area contributed by atoms with E-state index < -0.39 is 6.04 Å². The Bertz CT molecular complexity index is 807. The number of nitrogens with one attached hydrogen (secondary N) is 2. The summed E-state index contributed by atoms with van der Waals surface area (Å²) in [5.74, 6) is 0.646. The van der Waals surface area contributed by atoms with Crippen molar-refractivity contribution in [2.24, 2.45) is 5.92 Å². The predicted octanol–water partition coefficient (Wildman–Crippen LogP) is 4.10. The molecule has 2 amide bonds. The van der Waals surface area contributed by atoms with Crippen LogP contribution in [0.1, 0.15) is 61.8 Å². The number of carbonyl (C=O) groups is 2. The number of benzene rings is 1. The summed E-state index contributed by atoms with van der Waals surface area (Å²) in [6.07, 6.45) is 5.63. The van der Waals surface area contributed by atoms with Crippen LogP contribution in [0.2, 0.25) is 0 Å². The number of carbonyl (C=O) groups excluding carboxylic acids is 2. The second kappa shape index (κ2) is 9.04. The summed E-state index contributed by atoms with van der Waals surface area (Å²) in [6.45, 7) is 5.48. The first-order valence-corrected chi connectivity index (χ1v) is 10.0. The van der Waals surface area contributed by atoms with Crippen molar-refractivity contribution >= 4 is 17.6 Å². The van der Waals surface area contributed by atoms with E-state index in [1.165, 1.54) is 12.0 Å². The van der Waals surface area contributed by atoms with Crippen LogP contribution in [0.25, 0.3) is 0 Å². The Hall–Kier alpha value is -2.63. The molecule has 2 atom stereocenters. The van der Waals surface area contributed by atoms with Crippen molar-refractivity contribution in [3.63, 3.8) is 0 Å². The second-order valence-electron chi connectivity index (χ2n) is 7.83. The molecule has 1 heterocycles. The molecular weight excluding hydrogens is 354 g/mol. The van der Waals surface area contributed by atoms with Crippen molar-refractivity contribution < 1.29 is 14.1 Å². The quantitative estimate of drug-likeness (QED) is 0.787. The van der Waals surface area contributed by atoms with Gasteiger partial charge in [0, 0.05) is 6.07 Å². The van der Waals surface area contributed by atoms with E-state index in [-0.39, 0.29) is 17.7 Å². The minimum atomic E-state index is -0.666. The lowest BCUT2D eigenvalue weighted by atomic mass is 9.76. The van der Waals surface area contributed by atoms with Crippen LogP contribution in [0.4, 0.5) is 5.82 Å². The molecule has 1 fully saturated rings. The Morgan fingerprint density at radius 3 is 2.36 bits per heavy atom. The number of aromatic nitrogens is 1. The van der Waals surface area contributed by atoms with Crippen LogP contribution in [0.15, 0.2) is 34.9 Å². The summed E-state index contributed by atoms with van der Waals surface area (Å²) in [7, 11) is 0. The van der Waals surface area contributed by atoms with Gasteiger partial charge in [0.2, 0.25) is 11.8 Å². The second-order valence-corrected chi connectivity index (χ2v) is 7.83. The zero-order valence-corrected chi connectivity index (χ0v) is 16.8. The maximum Gasteiger partial charge on any atom is 0.247 e. The van der Waals surface area contributed by atoms with E-state index in [0.29, 0.717) is 17.5 Å². The molecule has 0 aliphatic heterocycles. The molecule has 150 valence electrons. The van der Waals surface area contributed by atoms with Crippen molar-refractivity contribution in [3.05, 3.63) is 47.2 Å². The molecule has 0 bridgehead atoms. The van der Waals surface area contributed by atoms with Gasteiger partial charge in [0.05, 0.1) is 5.92 Å². The predicted molar refractivity (Wildman–Crippen MR) is 108 cm³/mol. The average Bonchev–Trinajstić information content (AvgIpc) is 3.09. The van der Waals surface area contributed by atoms with Gasteiger partial charge in [0.15, 0.2) is 5.82 Å². The zero-order chi connectivity index (χ0) is 20.1. The van der Waals surface area contributed by atoms with Crippen LogP contribution >= 0.6 is 0 Å². The van der Waals surface area contributed by atoms with Gasteiger partial charge in [-0.05, 0) is 45.1 Å². The van der Waals surface area contributed by atoms with E-state index in [2.05, 4.69) is 15.8 Å². The zero-order valence-electron chi connectivity index (χ0n) is 16.8. The Morgan fingerprint density at radius 2 is 1.75 bits per heavy atom. The third-order valence-corrected chi connectivity index (χ3v) is 5.47. The van der Waals surface area contributed by atoms with Gasteiger partial charge in [-0.15, -0.1) is 0 Å². The van der Waals surface area contributed by atoms with E-state index in [0.717, 1.165) is 31.2 Å². The number of anilines is 1. The molecule has 6 heteroatoms. The highest BCUT2D eigenvalue weighted by atomic mass is 16.5. The van der Waals surface area contributed by atoms with E-state index in [4.69, 9.17) is 4.52 Å². The summed E-state index contributed by atoms with van der Waals surface area (Å²) < 4.78 is 4.96. The number of nitrogens with zero attached hydrogens (tertiary/aromatic N) is 1. The molecule has 1 aliphatic carbocycles. The molecule has 1 aromatic heterocycles. The Kier molecular flexibility index (Phi) is 6.49. The van der Waals surface area contributed by atoms with E-state index in [1.807, 2.05) is 31.2 Å². The molecule has 0 saturated heterocycles. The minimum absolute atomic E-state index is 0.0882. The molecule has 3 rings (SSSR count). The third-order valence-electron chi connectivity index (χ3n) is 5.47. The largest absolute Gasteiger partial charge is 0.360 e. The lowest BCUT2D eigenvalue weighted by molar-refractivity contribution is -0.128. The summed E-state index contributed by atoms with van der Waals surface area (Å²) in [5.41, 5.74) is 2.19. The van der Waals surface area contributed by atoms with Gasteiger partial charge in [-0.1, -0.05) is 54.2 Å². The molecule has 28 heavy (non-hydrogen) atoms. The Balaban J connectivity index is 1.70. The van der Waals surface area contributed by atoms with Crippen LogP contribution in [0.3, 0.4) is 0 Å². The molecule has 2 aromatic rings. The topological polar surface area (TPSA) is 84.2 Å². The monoisotopic (exact) mass is 383 g/mol. The summed E-state index contributed by atoms with van der Waals surface area (Å²) in [6, 6.07) is 9.14. The van der Waals surface area contributed by atoms with Crippen LogP contribution in [-0.2, 0) is 9.59 Å². The molecule has 1 saturated carbocycles. The highest BCUT2D eigenvalue weighted by Crippen LogP contribution is 2.36. The van der Waals surface area contributed by atoms with Crippen molar-refractivity contribution in [3.8, 4) is 0 Å². The van der Waals surface area contributed by atoms with Crippen molar-refractivity contribution in [1.29, 1.82) is 0 Å². The molecular formula is C22H29N3O3. The van der Waals surface area contributed by atoms with Crippen molar-refractivity contribution in [2.75, 3.05) is 5.32 Å². The molecule has 0 radical (unpaired) electrons. The lowest BCUT2D eigenvalue weighted by Gasteiger charge is -2.30. The number of aryl methyl sites for hydroxylation is 2. The van der Waals surface area contributed by atoms with Gasteiger partial charge in [-0.3, -0.25) is 9.59 Å². The molecule has 2 unspecified atom stereocenters. The van der Waals surface area contributed by atoms with Gasteiger partial charge in [-0.2, -0.15) is 0 Å². The Labute approximate surface area is 166 Å². The molecule has 1 aromatic carbocycles. The first-order valence-electron chi connectivity index (χ1n) is 10.0. The molecule has 6 nitrogen and oxygen atoms in total. The molecule has 1 aliphatic rings. The highest BCUT2D eigenvalue weighted by molar-refractivity contribution is 5.97. The standard InChI is InChI=1S/C22H29N3O3/c1-14-9-11-18(12-10-14)20(17-7-5-4-6-8-17)22(27)23-16(3)21(26)24-19-13-15(2)28-25-19/h9-13,16-17,20H,4-8H2,1-3H3,(H,23,27)(H,24,25,26). The maximum absolute atomic E-state index is 13.2. The van der Waals surface area contributed by atoms with Gasteiger partial charge >= 0.3 is 0 Å². The molecule has 0 spiro atoms. The first kappa shape index (κ1) is 20.1. The van der Waals surface area contributed by atoms with Crippen molar-refractivity contribution in [2.45, 2.75) is 64.8 Å². The smallest absolute Gasteiger partial charge is 0.247 e. The van der Waals surface area contributed by atoms with Crippen molar-refractivity contribution in [1.82, 2.24) is 10.5 Å². The lowest BCUT2D eigenvalue weighted by Crippen LogP contribution is -2.45. The van der Waals surface area contributed by atoms with E-state index in [9.17, 15) is 9.59 Å². The number of hydrogen-bond donors (Lipinski definition) is 2. The van der Waals surface area contributed by atoms with Gasteiger partial charge < -0.3 is 15.2 Å². The van der Waals surface area contributed by atoms with Gasteiger partial charge in [0.25, 0.3) is 0 Å². The van der Waals surface area contributed by atoms with E-state index >= 15 is 0 Å². The minimum Gasteiger partial charge on any atom is -0.360 e. The first-order chi connectivity index (χ1) is 13.4. The third kappa shape index (κ3) is 5.00. The van der Waals surface area contributed by atoms with Gasteiger partial charge in [0.1, 0.15) is 11.8 Å². The van der Waals surface area contributed by atoms with Crippen LogP contribution in [0, 0.1) is 19.8 Å². The maximum atomic E-state index is 13.2. The van der Waals surface area contributed by atoms with Gasteiger partial charge in [-0.25, -0.2) is 0 Å². The summed E-state index contributed by atoms with van der Waals surface area (Å²) >= 11 is 0. The number of amides is 2. The number of rotatable bonds is 6. The Morgan fingerprint density at radius 1 is 1.07 bits per heavy atom. The fourth-order valence-corrected chi connectivity index (χ4v) is 3.91. The summed E-state index contributed by atoms with van der Waals surface area (Å²) in [5, 5.41) is 9.34. The van der Waals surface area contributed by atoms with Crippen LogP contribution < -0.4 is 10.6 Å². The normalized spacial score (nSPS) is 17.0. The average molecular weight is 383 g/mol.